The van der Waals surface area contributed by atoms with E-state index in [1.165, 1.54) is 6.42 Å². The summed E-state index contributed by atoms with van der Waals surface area (Å²) >= 11 is 0. The molecule has 1 saturated carbocycles. The molecule has 1 aliphatic heterocycles. The maximum atomic E-state index is 13.0. The highest BCUT2D eigenvalue weighted by Gasteiger charge is 2.57. The lowest BCUT2D eigenvalue weighted by molar-refractivity contribution is -0.0754. The van der Waals surface area contributed by atoms with Crippen molar-refractivity contribution in [1.29, 1.82) is 0 Å². The molecule has 2 fully saturated rings. The lowest BCUT2D eigenvalue weighted by Crippen LogP contribution is -2.50. The van der Waals surface area contributed by atoms with Crippen LogP contribution in [0, 0.1) is 5.41 Å². The van der Waals surface area contributed by atoms with Gasteiger partial charge in [-0.25, -0.2) is 0 Å². The molecule has 1 N–H and O–H groups in total. The number of likely N-dealkylation sites (tertiary alicyclic amines) is 1. The average Bonchev–Trinajstić information content (AvgIpc) is 3.13. The van der Waals surface area contributed by atoms with Crippen LogP contribution in [0.15, 0.2) is 12.3 Å². The van der Waals surface area contributed by atoms with Crippen molar-refractivity contribution >= 4 is 5.91 Å². The van der Waals surface area contributed by atoms with Gasteiger partial charge < -0.3 is 10.0 Å². The van der Waals surface area contributed by atoms with Gasteiger partial charge in [-0.05, 0) is 45.7 Å². The van der Waals surface area contributed by atoms with E-state index in [0.29, 0.717) is 18.3 Å². The first-order valence-electron chi connectivity index (χ1n) is 10.4. The molecule has 2 aliphatic rings. The number of carbonyl (C=O) groups is 1. The number of aryl methyl sites for hydroxylation is 1. The monoisotopic (exact) mass is 376 g/mol. The maximum Gasteiger partial charge on any atom is 0.271 e. The fraction of sp³-hybridized carbons (Fsp3) is 0.810. The minimum Gasteiger partial charge on any atom is -0.390 e. The Balaban J connectivity index is 1.74. The summed E-state index contributed by atoms with van der Waals surface area (Å²) in [6, 6.07) is 2.44. The number of amides is 1. The summed E-state index contributed by atoms with van der Waals surface area (Å²) < 4.78 is 1.80. The van der Waals surface area contributed by atoms with E-state index in [0.717, 1.165) is 38.6 Å². The Labute approximate surface area is 163 Å². The molecular weight excluding hydrogens is 340 g/mol. The van der Waals surface area contributed by atoms with Gasteiger partial charge in [0.05, 0.1) is 5.60 Å². The van der Waals surface area contributed by atoms with Crippen LogP contribution in [0.5, 0.6) is 0 Å². The molecule has 27 heavy (non-hydrogen) atoms. The highest BCUT2D eigenvalue weighted by Crippen LogP contribution is 2.52. The SMILES string of the molecule is CCCn1nccc1C(=O)N(C)C[C@H]1C[C@]2(C)[C@@H](CCCC[C@]2(C)O)N1C. The first-order valence-corrected chi connectivity index (χ1v) is 10.4. The van der Waals surface area contributed by atoms with Crippen LogP contribution < -0.4 is 0 Å². The van der Waals surface area contributed by atoms with Gasteiger partial charge >= 0.3 is 0 Å². The zero-order valence-corrected chi connectivity index (χ0v) is 17.6. The minimum absolute atomic E-state index is 0.0263. The number of hydrogen-bond donors (Lipinski definition) is 1. The Morgan fingerprint density at radius 1 is 1.41 bits per heavy atom. The van der Waals surface area contributed by atoms with E-state index in [1.54, 1.807) is 10.9 Å². The number of rotatable bonds is 5. The van der Waals surface area contributed by atoms with Gasteiger partial charge in [0.25, 0.3) is 5.91 Å². The number of hydrogen-bond acceptors (Lipinski definition) is 4. The molecule has 0 spiro atoms. The van der Waals surface area contributed by atoms with Crippen LogP contribution in [0.2, 0.25) is 0 Å². The summed E-state index contributed by atoms with van der Waals surface area (Å²) in [7, 11) is 4.05. The van der Waals surface area contributed by atoms with Crippen LogP contribution >= 0.6 is 0 Å². The molecule has 0 radical (unpaired) electrons. The molecule has 3 rings (SSSR count). The van der Waals surface area contributed by atoms with Crippen molar-refractivity contribution in [3.05, 3.63) is 18.0 Å². The third-order valence-corrected chi connectivity index (χ3v) is 7.29. The summed E-state index contributed by atoms with van der Waals surface area (Å²) in [6.45, 7) is 7.78. The molecule has 152 valence electrons. The number of likely N-dealkylation sites (N-methyl/N-ethyl adjacent to an activating group) is 2. The topological polar surface area (TPSA) is 61.6 Å². The molecule has 1 aromatic heterocycles. The second-order valence-electron chi connectivity index (χ2n) is 9.10. The van der Waals surface area contributed by atoms with Gasteiger partial charge in [-0.2, -0.15) is 5.10 Å². The summed E-state index contributed by atoms with van der Waals surface area (Å²) in [5, 5.41) is 15.5. The van der Waals surface area contributed by atoms with E-state index in [1.807, 2.05) is 24.9 Å². The standard InChI is InChI=1S/C21H36N4O2/c1-6-13-25-17(10-12-22-25)19(26)23(4)15-16-14-20(2)18(24(16)5)9-7-8-11-21(20,3)27/h10,12,16,18,27H,6-9,11,13-15H2,1-5H3/t16-,18-,20-,21+/m1/s1. The van der Waals surface area contributed by atoms with Crippen LogP contribution in [0.25, 0.3) is 0 Å². The highest BCUT2D eigenvalue weighted by molar-refractivity contribution is 5.92. The van der Waals surface area contributed by atoms with Gasteiger partial charge in [-0.1, -0.05) is 26.7 Å². The molecule has 6 heteroatoms. The molecule has 1 aliphatic carbocycles. The number of aliphatic hydroxyl groups is 1. The lowest BCUT2D eigenvalue weighted by Gasteiger charge is -2.43. The smallest absolute Gasteiger partial charge is 0.271 e. The van der Waals surface area contributed by atoms with E-state index < -0.39 is 5.60 Å². The zero-order valence-electron chi connectivity index (χ0n) is 17.6. The van der Waals surface area contributed by atoms with Crippen LogP contribution in [0.1, 0.15) is 69.8 Å². The average molecular weight is 377 g/mol. The summed E-state index contributed by atoms with van der Waals surface area (Å²) in [5.41, 5.74) is -0.122. The third kappa shape index (κ3) is 3.54. The van der Waals surface area contributed by atoms with Gasteiger partial charge in [-0.3, -0.25) is 14.4 Å². The van der Waals surface area contributed by atoms with E-state index in [9.17, 15) is 9.90 Å². The van der Waals surface area contributed by atoms with Gasteiger partial charge in [0.2, 0.25) is 0 Å². The van der Waals surface area contributed by atoms with Gasteiger partial charge in [0.15, 0.2) is 0 Å². The van der Waals surface area contributed by atoms with E-state index in [4.69, 9.17) is 0 Å². The molecule has 1 aromatic rings. The normalized spacial score (nSPS) is 34.3. The van der Waals surface area contributed by atoms with Crippen molar-refractivity contribution in [3.63, 3.8) is 0 Å². The van der Waals surface area contributed by atoms with Crippen molar-refractivity contribution in [3.8, 4) is 0 Å². The van der Waals surface area contributed by atoms with Crippen molar-refractivity contribution in [1.82, 2.24) is 19.6 Å². The summed E-state index contributed by atoms with van der Waals surface area (Å²) in [4.78, 5) is 17.2. The molecule has 2 heterocycles. The van der Waals surface area contributed by atoms with Gasteiger partial charge in [-0.15, -0.1) is 0 Å². The Hall–Kier alpha value is -1.40. The Bertz CT molecular complexity index is 671. The highest BCUT2D eigenvalue weighted by atomic mass is 16.3. The Morgan fingerprint density at radius 2 is 2.15 bits per heavy atom. The van der Waals surface area contributed by atoms with Crippen molar-refractivity contribution in [2.75, 3.05) is 20.6 Å². The first kappa shape index (κ1) is 20.3. The molecule has 1 amide bonds. The predicted molar refractivity (Wildman–Crippen MR) is 107 cm³/mol. The van der Waals surface area contributed by atoms with Crippen LogP contribution in [0.4, 0.5) is 0 Å². The lowest BCUT2D eigenvalue weighted by atomic mass is 9.67. The molecule has 4 atom stereocenters. The second-order valence-corrected chi connectivity index (χ2v) is 9.10. The number of nitrogens with zero attached hydrogens (tertiary/aromatic N) is 4. The van der Waals surface area contributed by atoms with Gasteiger partial charge in [0.1, 0.15) is 5.69 Å². The quantitative estimate of drug-likeness (QED) is 0.858. The largest absolute Gasteiger partial charge is 0.390 e. The molecule has 0 aromatic carbocycles. The third-order valence-electron chi connectivity index (χ3n) is 7.29. The second kappa shape index (κ2) is 7.55. The van der Waals surface area contributed by atoms with Crippen molar-refractivity contribution in [2.24, 2.45) is 5.41 Å². The summed E-state index contributed by atoms with van der Waals surface area (Å²) in [6.07, 6.45) is 7.83. The van der Waals surface area contributed by atoms with Gasteiger partial charge in [0, 0.05) is 43.8 Å². The number of aromatic nitrogens is 2. The Morgan fingerprint density at radius 3 is 2.85 bits per heavy atom. The maximum absolute atomic E-state index is 13.0. The zero-order chi connectivity index (χ0) is 19.8. The predicted octanol–water partition coefficient (Wildman–Crippen LogP) is 2.77. The molecular formula is C21H36N4O2. The number of carbonyl (C=O) groups excluding carboxylic acids is 1. The first-order chi connectivity index (χ1) is 12.7. The van der Waals surface area contributed by atoms with Crippen molar-refractivity contribution < 1.29 is 9.90 Å². The molecule has 6 nitrogen and oxygen atoms in total. The fourth-order valence-corrected chi connectivity index (χ4v) is 5.36. The van der Waals surface area contributed by atoms with Crippen LogP contribution in [0.3, 0.4) is 0 Å². The minimum atomic E-state index is -0.653. The summed E-state index contributed by atoms with van der Waals surface area (Å²) in [5.74, 6) is 0.0263. The van der Waals surface area contributed by atoms with Crippen LogP contribution in [-0.4, -0.2) is 68.9 Å². The van der Waals surface area contributed by atoms with Crippen molar-refractivity contribution in [2.45, 2.75) is 83.5 Å². The molecule has 1 saturated heterocycles. The Kier molecular flexibility index (Phi) is 5.69. The van der Waals surface area contributed by atoms with E-state index in [-0.39, 0.29) is 17.4 Å². The fourth-order valence-electron chi connectivity index (χ4n) is 5.36. The molecule has 0 unspecified atom stereocenters. The van der Waals surface area contributed by atoms with E-state index >= 15 is 0 Å². The molecule has 0 bridgehead atoms. The van der Waals surface area contributed by atoms with E-state index in [2.05, 4.69) is 30.9 Å². The van der Waals surface area contributed by atoms with Crippen LogP contribution in [-0.2, 0) is 6.54 Å². The number of fused-ring (bicyclic) bond motifs is 1.